The average molecular weight is 335 g/mol. The van der Waals surface area contributed by atoms with Gasteiger partial charge in [0, 0.05) is 35.4 Å². The number of nitrogens with one attached hydrogen (secondary N) is 3. The van der Waals surface area contributed by atoms with E-state index in [9.17, 15) is 9.59 Å². The number of Topliss-reactive ketones (excluding diaryl/α,β-unsaturated/α-hetero) is 1. The van der Waals surface area contributed by atoms with Crippen molar-refractivity contribution in [1.29, 1.82) is 0 Å². The minimum absolute atomic E-state index is 0.0168. The van der Waals surface area contributed by atoms with E-state index in [1.165, 1.54) is 18.2 Å². The number of rotatable bonds is 3. The van der Waals surface area contributed by atoms with Gasteiger partial charge in [0.15, 0.2) is 5.78 Å². The van der Waals surface area contributed by atoms with Gasteiger partial charge >= 0.3 is 0 Å². The molecule has 0 bridgehead atoms. The Kier molecular flexibility index (Phi) is 3.81. The Morgan fingerprint density at radius 2 is 1.84 bits per heavy atom. The molecule has 0 radical (unpaired) electrons. The molecule has 4 rings (SSSR count). The summed E-state index contributed by atoms with van der Waals surface area (Å²) in [5.74, 6) is -0.0125. The Hall–Kier alpha value is -2.66. The van der Waals surface area contributed by atoms with Gasteiger partial charge < -0.3 is 16.0 Å². The molecule has 1 amide bonds. The summed E-state index contributed by atoms with van der Waals surface area (Å²) in [5.41, 5.74) is 3.80. The van der Waals surface area contributed by atoms with Crippen LogP contribution in [0.1, 0.15) is 29.3 Å². The highest BCUT2D eigenvalue weighted by Crippen LogP contribution is 2.42. The zero-order valence-corrected chi connectivity index (χ0v) is 14.1. The first kappa shape index (κ1) is 15.8. The molecule has 1 fully saturated rings. The smallest absolute Gasteiger partial charge is 0.241 e. The van der Waals surface area contributed by atoms with Crippen LogP contribution in [0.5, 0.6) is 0 Å². The summed E-state index contributed by atoms with van der Waals surface area (Å²) in [4.78, 5) is 24.0. The highest BCUT2D eigenvalue weighted by Gasteiger charge is 2.46. The van der Waals surface area contributed by atoms with Crippen molar-refractivity contribution in [2.75, 3.05) is 23.7 Å². The van der Waals surface area contributed by atoms with E-state index in [-0.39, 0.29) is 23.1 Å². The second-order valence-electron chi connectivity index (χ2n) is 6.94. The molecular weight excluding hydrogens is 314 g/mol. The number of amides is 1. The van der Waals surface area contributed by atoms with E-state index in [0.717, 1.165) is 19.5 Å². The summed E-state index contributed by atoms with van der Waals surface area (Å²) in [6, 6.07) is 15.1. The van der Waals surface area contributed by atoms with Crippen LogP contribution in [-0.4, -0.2) is 30.8 Å². The van der Waals surface area contributed by atoms with Crippen molar-refractivity contribution in [3.05, 3.63) is 59.7 Å². The summed E-state index contributed by atoms with van der Waals surface area (Å²) in [5, 5.41) is 9.78. The molecule has 5 nitrogen and oxygen atoms in total. The molecule has 2 aromatic carbocycles. The molecule has 2 atom stereocenters. The molecule has 5 heteroatoms. The van der Waals surface area contributed by atoms with Gasteiger partial charge in [0.05, 0.1) is 6.04 Å². The van der Waals surface area contributed by atoms with Crippen molar-refractivity contribution >= 4 is 23.1 Å². The molecule has 0 saturated carbocycles. The van der Waals surface area contributed by atoms with Crippen molar-refractivity contribution in [1.82, 2.24) is 5.32 Å². The summed E-state index contributed by atoms with van der Waals surface area (Å²) in [6.07, 6.45) is 0.772. The van der Waals surface area contributed by atoms with Crippen molar-refractivity contribution in [2.45, 2.75) is 24.8 Å². The van der Waals surface area contributed by atoms with E-state index in [2.05, 4.69) is 34.1 Å². The summed E-state index contributed by atoms with van der Waals surface area (Å²) in [6.45, 7) is 3.18. The Morgan fingerprint density at radius 3 is 2.60 bits per heavy atom. The van der Waals surface area contributed by atoms with E-state index >= 15 is 0 Å². The van der Waals surface area contributed by atoms with E-state index in [0.29, 0.717) is 11.3 Å². The number of para-hydroxylation sites is 1. The fourth-order valence-corrected chi connectivity index (χ4v) is 3.86. The lowest BCUT2D eigenvalue weighted by Crippen LogP contribution is -2.35. The molecule has 2 aliphatic rings. The highest BCUT2D eigenvalue weighted by molar-refractivity contribution is 5.97. The van der Waals surface area contributed by atoms with Crippen LogP contribution >= 0.6 is 0 Å². The minimum Gasteiger partial charge on any atom is -0.384 e. The normalized spacial score (nSPS) is 24.0. The van der Waals surface area contributed by atoms with Gasteiger partial charge in [0.25, 0.3) is 0 Å². The lowest BCUT2D eigenvalue weighted by Gasteiger charge is -2.22. The van der Waals surface area contributed by atoms with Crippen molar-refractivity contribution in [2.24, 2.45) is 0 Å². The maximum absolute atomic E-state index is 12.6. The Morgan fingerprint density at radius 1 is 1.08 bits per heavy atom. The molecule has 1 saturated heterocycles. The van der Waals surface area contributed by atoms with Gasteiger partial charge in [0.1, 0.15) is 0 Å². The van der Waals surface area contributed by atoms with E-state index in [4.69, 9.17) is 0 Å². The van der Waals surface area contributed by atoms with E-state index in [1.807, 2.05) is 6.07 Å². The van der Waals surface area contributed by atoms with Crippen LogP contribution < -0.4 is 16.0 Å². The van der Waals surface area contributed by atoms with Gasteiger partial charge in [-0.15, -0.1) is 0 Å². The molecule has 25 heavy (non-hydrogen) atoms. The summed E-state index contributed by atoms with van der Waals surface area (Å²) < 4.78 is 0. The third-order valence-corrected chi connectivity index (χ3v) is 5.27. The predicted octanol–water partition coefficient (Wildman–Crippen LogP) is 2.55. The first-order chi connectivity index (χ1) is 12.1. The molecule has 128 valence electrons. The van der Waals surface area contributed by atoms with Crippen molar-refractivity contribution in [3.8, 4) is 0 Å². The lowest BCUT2D eigenvalue weighted by atomic mass is 9.80. The average Bonchev–Trinajstić information content (AvgIpc) is 3.21. The zero-order chi connectivity index (χ0) is 17.4. The maximum Gasteiger partial charge on any atom is 0.241 e. The first-order valence-electron chi connectivity index (χ1n) is 8.56. The Balaban J connectivity index is 1.45. The van der Waals surface area contributed by atoms with Crippen molar-refractivity contribution < 1.29 is 9.59 Å². The number of benzene rings is 2. The molecule has 0 aliphatic carbocycles. The molecule has 2 heterocycles. The third kappa shape index (κ3) is 2.81. The summed E-state index contributed by atoms with van der Waals surface area (Å²) >= 11 is 0. The Labute approximate surface area is 146 Å². The minimum atomic E-state index is -0.222. The SMILES string of the molecule is CC(=O)c1ccc(NC(=O)C2CC3(CNc4ccccc43)CN2)cc1. The fourth-order valence-electron chi connectivity index (χ4n) is 3.86. The molecule has 0 aromatic heterocycles. The second-order valence-corrected chi connectivity index (χ2v) is 6.94. The Bertz CT molecular complexity index is 831. The number of carbonyl (C=O) groups is 2. The van der Waals surface area contributed by atoms with Crippen LogP contribution in [0.15, 0.2) is 48.5 Å². The van der Waals surface area contributed by atoms with Gasteiger partial charge in [-0.05, 0) is 49.2 Å². The van der Waals surface area contributed by atoms with Gasteiger partial charge in [-0.3, -0.25) is 9.59 Å². The molecule has 1 spiro atoms. The second kappa shape index (κ2) is 6.01. The van der Waals surface area contributed by atoms with Gasteiger partial charge in [0.2, 0.25) is 5.91 Å². The van der Waals surface area contributed by atoms with Crippen LogP contribution in [0.4, 0.5) is 11.4 Å². The van der Waals surface area contributed by atoms with Gasteiger partial charge in [-0.1, -0.05) is 18.2 Å². The van der Waals surface area contributed by atoms with Crippen LogP contribution in [0, 0.1) is 0 Å². The quantitative estimate of drug-likeness (QED) is 0.754. The number of fused-ring (bicyclic) bond motifs is 2. The lowest BCUT2D eigenvalue weighted by molar-refractivity contribution is -0.117. The predicted molar refractivity (Wildman–Crippen MR) is 98.1 cm³/mol. The molecular formula is C20H21N3O2. The standard InChI is InChI=1S/C20H21N3O2/c1-13(24)14-6-8-15(9-7-14)23-19(25)18-10-20(12-22-18)11-21-17-5-3-2-4-16(17)20/h2-9,18,21-22H,10-12H2,1H3,(H,23,25). The van der Waals surface area contributed by atoms with Crippen LogP contribution in [0.25, 0.3) is 0 Å². The number of hydrogen-bond acceptors (Lipinski definition) is 4. The van der Waals surface area contributed by atoms with Crippen LogP contribution in [0.2, 0.25) is 0 Å². The van der Waals surface area contributed by atoms with Gasteiger partial charge in [-0.2, -0.15) is 0 Å². The van der Waals surface area contributed by atoms with E-state index in [1.54, 1.807) is 24.3 Å². The first-order valence-corrected chi connectivity index (χ1v) is 8.56. The van der Waals surface area contributed by atoms with Crippen molar-refractivity contribution in [3.63, 3.8) is 0 Å². The van der Waals surface area contributed by atoms with Crippen LogP contribution in [0.3, 0.4) is 0 Å². The number of ketones is 1. The zero-order valence-electron chi connectivity index (χ0n) is 14.1. The monoisotopic (exact) mass is 335 g/mol. The topological polar surface area (TPSA) is 70.2 Å². The molecule has 2 aromatic rings. The summed E-state index contributed by atoms with van der Waals surface area (Å²) in [7, 11) is 0. The highest BCUT2D eigenvalue weighted by atomic mass is 16.2. The van der Waals surface area contributed by atoms with E-state index < -0.39 is 0 Å². The third-order valence-electron chi connectivity index (χ3n) is 5.27. The maximum atomic E-state index is 12.6. The van der Waals surface area contributed by atoms with Crippen LogP contribution in [-0.2, 0) is 10.2 Å². The number of hydrogen-bond donors (Lipinski definition) is 3. The fraction of sp³-hybridized carbons (Fsp3) is 0.300. The molecule has 2 aliphatic heterocycles. The molecule has 3 N–H and O–H groups in total. The number of anilines is 2. The number of carbonyl (C=O) groups excluding carboxylic acids is 2. The van der Waals surface area contributed by atoms with Gasteiger partial charge in [-0.25, -0.2) is 0 Å². The largest absolute Gasteiger partial charge is 0.384 e. The molecule has 2 unspecified atom stereocenters.